The van der Waals surface area contributed by atoms with Crippen LogP contribution in [0, 0.1) is 5.41 Å². The quantitative estimate of drug-likeness (QED) is 0.880. The summed E-state index contributed by atoms with van der Waals surface area (Å²) in [5.41, 5.74) is 1.25. The Morgan fingerprint density at radius 3 is 2.68 bits per heavy atom. The van der Waals surface area contributed by atoms with Gasteiger partial charge in [0.05, 0.1) is 18.2 Å². The Morgan fingerprint density at radius 1 is 1.37 bits per heavy atom. The molecule has 0 bridgehead atoms. The predicted octanol–water partition coefficient (Wildman–Crippen LogP) is 1.22. The first-order valence-corrected chi connectivity index (χ1v) is 6.49. The fourth-order valence-corrected chi connectivity index (χ4v) is 1.95. The van der Waals surface area contributed by atoms with E-state index < -0.39 is 0 Å². The fourth-order valence-electron chi connectivity index (χ4n) is 1.95. The Hall–Kier alpha value is -1.69. The summed E-state index contributed by atoms with van der Waals surface area (Å²) in [4.78, 5) is 4.09. The third kappa shape index (κ3) is 3.64. The SMILES string of the molecule is Cn1nncc1CNC(Cn1ccnc1)C(C)(C)C. The van der Waals surface area contributed by atoms with E-state index in [-0.39, 0.29) is 5.41 Å². The molecule has 0 saturated heterocycles. The average Bonchev–Trinajstić information content (AvgIpc) is 2.94. The molecule has 19 heavy (non-hydrogen) atoms. The second-order valence-corrected chi connectivity index (χ2v) is 5.91. The van der Waals surface area contributed by atoms with Crippen LogP contribution in [0.3, 0.4) is 0 Å². The first-order valence-electron chi connectivity index (χ1n) is 6.49. The van der Waals surface area contributed by atoms with Gasteiger partial charge in [-0.25, -0.2) is 4.98 Å². The van der Waals surface area contributed by atoms with Crippen molar-refractivity contribution >= 4 is 0 Å². The molecule has 0 fully saturated rings. The van der Waals surface area contributed by atoms with Crippen LogP contribution < -0.4 is 5.32 Å². The summed E-state index contributed by atoms with van der Waals surface area (Å²) >= 11 is 0. The van der Waals surface area contributed by atoms with Gasteiger partial charge in [-0.2, -0.15) is 0 Å². The molecule has 0 aliphatic rings. The van der Waals surface area contributed by atoms with E-state index in [4.69, 9.17) is 0 Å². The maximum atomic E-state index is 4.09. The van der Waals surface area contributed by atoms with Crippen LogP contribution in [-0.4, -0.2) is 30.6 Å². The minimum absolute atomic E-state index is 0.163. The van der Waals surface area contributed by atoms with E-state index in [1.165, 1.54) is 0 Å². The summed E-state index contributed by atoms with van der Waals surface area (Å²) < 4.78 is 3.90. The maximum absolute atomic E-state index is 4.09. The molecule has 1 atom stereocenters. The van der Waals surface area contributed by atoms with E-state index in [2.05, 4.69) is 46.0 Å². The van der Waals surface area contributed by atoms with Crippen molar-refractivity contribution < 1.29 is 0 Å². The van der Waals surface area contributed by atoms with Crippen LogP contribution in [0.4, 0.5) is 0 Å². The van der Waals surface area contributed by atoms with E-state index in [1.54, 1.807) is 10.9 Å². The molecule has 0 aliphatic carbocycles. The third-order valence-electron chi connectivity index (χ3n) is 3.34. The number of imidazole rings is 1. The highest BCUT2D eigenvalue weighted by Crippen LogP contribution is 2.21. The number of rotatable bonds is 5. The van der Waals surface area contributed by atoms with Crippen molar-refractivity contribution in [2.24, 2.45) is 12.5 Å². The molecule has 2 aromatic rings. The summed E-state index contributed by atoms with van der Waals surface area (Å²) in [6.45, 7) is 8.38. The lowest BCUT2D eigenvalue weighted by atomic mass is 9.86. The monoisotopic (exact) mass is 262 g/mol. The van der Waals surface area contributed by atoms with Gasteiger partial charge in [0.2, 0.25) is 0 Å². The zero-order chi connectivity index (χ0) is 13.9. The summed E-state index contributed by atoms with van der Waals surface area (Å²) in [6.07, 6.45) is 7.45. The van der Waals surface area contributed by atoms with Crippen LogP contribution in [-0.2, 0) is 20.1 Å². The van der Waals surface area contributed by atoms with Gasteiger partial charge in [0.25, 0.3) is 0 Å². The second kappa shape index (κ2) is 5.52. The largest absolute Gasteiger partial charge is 0.336 e. The summed E-state index contributed by atoms with van der Waals surface area (Å²) in [5, 5.41) is 11.4. The first kappa shape index (κ1) is 13.7. The van der Waals surface area contributed by atoms with Crippen LogP contribution in [0.25, 0.3) is 0 Å². The minimum atomic E-state index is 0.163. The lowest BCUT2D eigenvalue weighted by Gasteiger charge is -2.32. The van der Waals surface area contributed by atoms with Crippen LogP contribution in [0.15, 0.2) is 24.9 Å². The highest BCUT2D eigenvalue weighted by Gasteiger charge is 2.24. The van der Waals surface area contributed by atoms with E-state index >= 15 is 0 Å². The van der Waals surface area contributed by atoms with E-state index in [0.29, 0.717) is 6.04 Å². The lowest BCUT2D eigenvalue weighted by Crippen LogP contribution is -2.43. The van der Waals surface area contributed by atoms with Gasteiger partial charge in [0.1, 0.15) is 0 Å². The molecular weight excluding hydrogens is 240 g/mol. The zero-order valence-electron chi connectivity index (χ0n) is 12.0. The third-order valence-corrected chi connectivity index (χ3v) is 3.34. The van der Waals surface area contributed by atoms with Gasteiger partial charge in [-0.1, -0.05) is 26.0 Å². The van der Waals surface area contributed by atoms with Gasteiger partial charge in [-0.05, 0) is 5.41 Å². The first-order chi connectivity index (χ1) is 8.97. The van der Waals surface area contributed by atoms with E-state index in [9.17, 15) is 0 Å². The standard InChI is InChI=1S/C13H22N6/c1-13(2,3)12(9-19-6-5-14-10-19)15-7-11-8-16-17-18(11)4/h5-6,8,10,12,15H,7,9H2,1-4H3. The summed E-state index contributed by atoms with van der Waals surface area (Å²) in [5.74, 6) is 0. The minimum Gasteiger partial charge on any atom is -0.336 e. The van der Waals surface area contributed by atoms with Gasteiger partial charge in [-0.3, -0.25) is 4.68 Å². The second-order valence-electron chi connectivity index (χ2n) is 5.91. The summed E-state index contributed by atoms with van der Waals surface area (Å²) in [7, 11) is 1.91. The van der Waals surface area contributed by atoms with Gasteiger partial charge in [0, 0.05) is 38.6 Å². The Balaban J connectivity index is 2.00. The molecule has 2 heterocycles. The predicted molar refractivity (Wildman–Crippen MR) is 73.3 cm³/mol. The molecule has 0 amide bonds. The van der Waals surface area contributed by atoms with Gasteiger partial charge >= 0.3 is 0 Å². The number of aromatic nitrogens is 5. The molecule has 0 saturated carbocycles. The molecule has 2 rings (SSSR count). The molecule has 2 aromatic heterocycles. The molecule has 0 aromatic carbocycles. The van der Waals surface area contributed by atoms with Crippen molar-refractivity contribution in [2.45, 2.75) is 39.9 Å². The summed E-state index contributed by atoms with van der Waals surface area (Å²) in [6, 6.07) is 0.344. The van der Waals surface area contributed by atoms with Crippen LogP contribution >= 0.6 is 0 Å². The topological polar surface area (TPSA) is 60.6 Å². The van der Waals surface area contributed by atoms with Crippen LogP contribution in [0.5, 0.6) is 0 Å². The molecule has 1 N–H and O–H groups in total. The van der Waals surface area contributed by atoms with E-state index in [0.717, 1.165) is 18.8 Å². The lowest BCUT2D eigenvalue weighted by molar-refractivity contribution is 0.238. The van der Waals surface area contributed by atoms with Crippen molar-refractivity contribution in [3.05, 3.63) is 30.6 Å². The van der Waals surface area contributed by atoms with Crippen LogP contribution in [0.2, 0.25) is 0 Å². The highest BCUT2D eigenvalue weighted by atomic mass is 15.4. The number of nitrogens with zero attached hydrogens (tertiary/aromatic N) is 5. The average molecular weight is 262 g/mol. The molecule has 0 spiro atoms. The normalized spacial score (nSPS) is 13.7. The molecule has 6 heteroatoms. The molecular formula is C13H22N6. The van der Waals surface area contributed by atoms with Gasteiger partial charge in [-0.15, -0.1) is 5.10 Å². The molecule has 6 nitrogen and oxygen atoms in total. The molecule has 104 valence electrons. The van der Waals surface area contributed by atoms with Crippen molar-refractivity contribution in [3.8, 4) is 0 Å². The van der Waals surface area contributed by atoms with Gasteiger partial charge < -0.3 is 9.88 Å². The van der Waals surface area contributed by atoms with E-state index in [1.807, 2.05) is 25.8 Å². The van der Waals surface area contributed by atoms with Crippen molar-refractivity contribution in [1.29, 1.82) is 0 Å². The van der Waals surface area contributed by atoms with Crippen LogP contribution in [0.1, 0.15) is 26.5 Å². The van der Waals surface area contributed by atoms with Gasteiger partial charge in [0.15, 0.2) is 0 Å². The number of hydrogen-bond acceptors (Lipinski definition) is 4. The number of nitrogens with one attached hydrogen (secondary N) is 1. The zero-order valence-corrected chi connectivity index (χ0v) is 12.0. The highest BCUT2D eigenvalue weighted by molar-refractivity contribution is 4.94. The Bertz CT molecular complexity index is 493. The van der Waals surface area contributed by atoms with Crippen molar-refractivity contribution in [2.75, 3.05) is 0 Å². The molecule has 1 unspecified atom stereocenters. The Kier molecular flexibility index (Phi) is 3.99. The Morgan fingerprint density at radius 2 is 2.16 bits per heavy atom. The van der Waals surface area contributed by atoms with Crippen molar-refractivity contribution in [1.82, 2.24) is 29.9 Å². The maximum Gasteiger partial charge on any atom is 0.0946 e. The Labute approximate surface area is 113 Å². The molecule has 0 radical (unpaired) electrons. The smallest absolute Gasteiger partial charge is 0.0946 e. The number of hydrogen-bond donors (Lipinski definition) is 1. The fraction of sp³-hybridized carbons (Fsp3) is 0.615. The van der Waals surface area contributed by atoms with Crippen molar-refractivity contribution in [3.63, 3.8) is 0 Å². The molecule has 0 aliphatic heterocycles. The number of aryl methyl sites for hydroxylation is 1.